The summed E-state index contributed by atoms with van der Waals surface area (Å²) in [5, 5.41) is 3.01. The molecule has 0 N–H and O–H groups in total. The van der Waals surface area contributed by atoms with E-state index in [4.69, 9.17) is 0 Å². The summed E-state index contributed by atoms with van der Waals surface area (Å²) >= 11 is 0. The van der Waals surface area contributed by atoms with Gasteiger partial charge in [-0.1, -0.05) is 104 Å². The van der Waals surface area contributed by atoms with Crippen LogP contribution < -0.4 is 10.6 Å². The van der Waals surface area contributed by atoms with Crippen LogP contribution in [0.3, 0.4) is 0 Å². The fourth-order valence-electron chi connectivity index (χ4n) is 3.72. The van der Waals surface area contributed by atoms with Crippen LogP contribution >= 0.6 is 7.92 Å². The Hall–Kier alpha value is -2.17. The SMILES string of the molecule is C=CCCc1ccc(CCCCCCP(c2ccccc2)c2ccccc2)cc1. The van der Waals surface area contributed by atoms with Gasteiger partial charge < -0.3 is 0 Å². The van der Waals surface area contributed by atoms with Gasteiger partial charge in [0, 0.05) is 0 Å². The summed E-state index contributed by atoms with van der Waals surface area (Å²) in [7, 11) is -0.232. The molecule has 150 valence electrons. The summed E-state index contributed by atoms with van der Waals surface area (Å²) in [6, 6.07) is 31.3. The number of allylic oxidation sites excluding steroid dienone is 1. The molecule has 1 heteroatoms. The molecule has 0 aromatic heterocycles. The lowest BCUT2D eigenvalue weighted by Crippen LogP contribution is -2.13. The van der Waals surface area contributed by atoms with Crippen molar-refractivity contribution in [2.24, 2.45) is 0 Å². The Bertz CT molecular complexity index is 782. The van der Waals surface area contributed by atoms with E-state index in [0.29, 0.717) is 0 Å². The topological polar surface area (TPSA) is 0 Å². The molecule has 0 unspecified atom stereocenters. The van der Waals surface area contributed by atoms with Gasteiger partial charge in [-0.05, 0) is 67.9 Å². The van der Waals surface area contributed by atoms with Crippen LogP contribution in [0.15, 0.2) is 97.6 Å². The second-order valence-corrected chi connectivity index (χ2v) is 9.97. The van der Waals surface area contributed by atoms with Gasteiger partial charge in [0.25, 0.3) is 0 Å². The van der Waals surface area contributed by atoms with Crippen LogP contribution in [0.25, 0.3) is 0 Å². The zero-order valence-electron chi connectivity index (χ0n) is 17.5. The minimum Gasteiger partial charge on any atom is -0.103 e. The van der Waals surface area contributed by atoms with Crippen LogP contribution in [0.5, 0.6) is 0 Å². The van der Waals surface area contributed by atoms with Crippen LogP contribution in [0.4, 0.5) is 0 Å². The summed E-state index contributed by atoms with van der Waals surface area (Å²) in [4.78, 5) is 0. The standard InChI is InChI=1S/C28H33P/c1-2-3-14-25-20-22-26(23-21-25)15-8-4-5-13-24-29(27-16-9-6-10-17-27)28-18-11-7-12-19-28/h2,6-7,9-12,16-23H,1,3-5,8,13-15,24H2. The first-order valence-electron chi connectivity index (χ1n) is 10.9. The van der Waals surface area contributed by atoms with Crippen LogP contribution in [0.2, 0.25) is 0 Å². The Kier molecular flexibility index (Phi) is 9.21. The van der Waals surface area contributed by atoms with Gasteiger partial charge in [0.2, 0.25) is 0 Å². The molecule has 0 nitrogen and oxygen atoms in total. The first-order valence-corrected chi connectivity index (χ1v) is 12.5. The fourth-order valence-corrected chi connectivity index (χ4v) is 6.14. The van der Waals surface area contributed by atoms with Crippen molar-refractivity contribution in [3.63, 3.8) is 0 Å². The molecule has 0 radical (unpaired) electrons. The highest BCUT2D eigenvalue weighted by molar-refractivity contribution is 7.73. The molecule has 0 spiro atoms. The lowest BCUT2D eigenvalue weighted by molar-refractivity contribution is 0.669. The van der Waals surface area contributed by atoms with Gasteiger partial charge >= 0.3 is 0 Å². The maximum atomic E-state index is 3.80. The minimum atomic E-state index is -0.232. The van der Waals surface area contributed by atoms with Gasteiger partial charge in [-0.2, -0.15) is 0 Å². The van der Waals surface area contributed by atoms with Crippen LogP contribution in [0, 0.1) is 0 Å². The van der Waals surface area contributed by atoms with Gasteiger partial charge in [0.1, 0.15) is 0 Å². The highest BCUT2D eigenvalue weighted by Gasteiger charge is 2.12. The third kappa shape index (κ3) is 7.30. The molecule has 0 amide bonds. The predicted octanol–water partition coefficient (Wildman–Crippen LogP) is 7.04. The molecule has 0 saturated carbocycles. The quantitative estimate of drug-likeness (QED) is 0.174. The van der Waals surface area contributed by atoms with E-state index in [-0.39, 0.29) is 7.92 Å². The molecule has 0 fully saturated rings. The van der Waals surface area contributed by atoms with Gasteiger partial charge in [-0.25, -0.2) is 0 Å². The highest BCUT2D eigenvalue weighted by Crippen LogP contribution is 2.34. The van der Waals surface area contributed by atoms with Crippen molar-refractivity contribution in [1.82, 2.24) is 0 Å². The van der Waals surface area contributed by atoms with E-state index >= 15 is 0 Å². The monoisotopic (exact) mass is 400 g/mol. The Morgan fingerprint density at radius 2 is 1.10 bits per heavy atom. The Morgan fingerprint density at radius 3 is 1.66 bits per heavy atom. The van der Waals surface area contributed by atoms with Crippen molar-refractivity contribution in [1.29, 1.82) is 0 Å². The Balaban J connectivity index is 1.42. The number of benzene rings is 3. The summed E-state index contributed by atoms with van der Waals surface area (Å²) in [5.41, 5.74) is 2.90. The molecule has 0 heterocycles. The molecule has 3 aromatic carbocycles. The molecule has 29 heavy (non-hydrogen) atoms. The normalized spacial score (nSPS) is 10.9. The first kappa shape index (κ1) is 21.5. The van der Waals surface area contributed by atoms with Crippen molar-refractivity contribution in [3.8, 4) is 0 Å². The zero-order chi connectivity index (χ0) is 20.2. The highest BCUT2D eigenvalue weighted by atomic mass is 31.1. The van der Waals surface area contributed by atoms with E-state index in [0.717, 1.165) is 12.8 Å². The number of unbranched alkanes of at least 4 members (excludes halogenated alkanes) is 3. The number of hydrogen-bond donors (Lipinski definition) is 0. The average molecular weight is 401 g/mol. The van der Waals surface area contributed by atoms with Crippen LogP contribution in [0.1, 0.15) is 43.2 Å². The summed E-state index contributed by atoms with van der Waals surface area (Å²) in [5.74, 6) is 0. The maximum absolute atomic E-state index is 3.80. The van der Waals surface area contributed by atoms with Crippen molar-refractivity contribution in [2.75, 3.05) is 6.16 Å². The van der Waals surface area contributed by atoms with Crippen molar-refractivity contribution >= 4 is 18.5 Å². The number of rotatable bonds is 12. The van der Waals surface area contributed by atoms with E-state index in [1.54, 1.807) is 0 Å². The summed E-state index contributed by atoms with van der Waals surface area (Å²) in [6.07, 6.45) is 11.9. The molecule has 0 atom stereocenters. The molecule has 3 aromatic rings. The van der Waals surface area contributed by atoms with Gasteiger partial charge in [0.15, 0.2) is 0 Å². The summed E-state index contributed by atoms with van der Waals surface area (Å²) < 4.78 is 0. The van der Waals surface area contributed by atoms with Crippen molar-refractivity contribution in [2.45, 2.75) is 44.9 Å². The molecule has 0 saturated heterocycles. The molecular weight excluding hydrogens is 367 g/mol. The molecule has 0 aliphatic heterocycles. The van der Waals surface area contributed by atoms with E-state index in [1.807, 2.05) is 6.08 Å². The third-order valence-corrected chi connectivity index (χ3v) is 8.00. The molecular formula is C28H33P. The first-order chi connectivity index (χ1) is 14.4. The number of aryl methyl sites for hydroxylation is 2. The fraction of sp³-hybridized carbons (Fsp3) is 0.286. The second kappa shape index (κ2) is 12.4. The average Bonchev–Trinajstić information content (AvgIpc) is 2.79. The minimum absolute atomic E-state index is 0.232. The van der Waals surface area contributed by atoms with Gasteiger partial charge in [-0.15, -0.1) is 6.58 Å². The van der Waals surface area contributed by atoms with Crippen molar-refractivity contribution in [3.05, 3.63) is 109 Å². The summed E-state index contributed by atoms with van der Waals surface area (Å²) in [6.45, 7) is 3.80. The smallest absolute Gasteiger partial charge is 0.0195 e. The van der Waals surface area contributed by atoms with Crippen molar-refractivity contribution < 1.29 is 0 Å². The van der Waals surface area contributed by atoms with E-state index in [1.165, 1.54) is 60.0 Å². The molecule has 0 aliphatic carbocycles. The second-order valence-electron chi connectivity index (χ2n) is 7.63. The molecule has 0 bridgehead atoms. The molecule has 3 rings (SSSR count). The largest absolute Gasteiger partial charge is 0.103 e. The Labute approximate surface area is 178 Å². The van der Waals surface area contributed by atoms with E-state index in [2.05, 4.69) is 91.5 Å². The van der Waals surface area contributed by atoms with Crippen LogP contribution in [-0.2, 0) is 12.8 Å². The van der Waals surface area contributed by atoms with E-state index in [9.17, 15) is 0 Å². The van der Waals surface area contributed by atoms with Gasteiger partial charge in [0.05, 0.1) is 0 Å². The lowest BCUT2D eigenvalue weighted by atomic mass is 10.0. The zero-order valence-corrected chi connectivity index (χ0v) is 18.4. The van der Waals surface area contributed by atoms with E-state index < -0.39 is 0 Å². The predicted molar refractivity (Wildman–Crippen MR) is 131 cm³/mol. The maximum Gasteiger partial charge on any atom is -0.0195 e. The van der Waals surface area contributed by atoms with Crippen LogP contribution in [-0.4, -0.2) is 6.16 Å². The third-order valence-electron chi connectivity index (χ3n) is 5.39. The lowest BCUT2D eigenvalue weighted by Gasteiger charge is -2.18. The number of hydrogen-bond acceptors (Lipinski definition) is 0. The van der Waals surface area contributed by atoms with Gasteiger partial charge in [-0.3, -0.25) is 0 Å². The Morgan fingerprint density at radius 1 is 0.586 bits per heavy atom. The molecule has 0 aliphatic rings.